The smallest absolute Gasteiger partial charge is 0.271 e. The average molecular weight is 266 g/mol. The minimum atomic E-state index is -0.605. The Hall–Kier alpha value is -1.30. The summed E-state index contributed by atoms with van der Waals surface area (Å²) in [6.45, 7) is 0. The minimum Gasteiger partial charge on any atom is -0.364 e. The number of aromatic nitrogens is 1. The van der Waals surface area contributed by atoms with Crippen LogP contribution in [-0.2, 0) is 16.0 Å². The second-order valence-corrected chi connectivity index (χ2v) is 6.15. The maximum atomic E-state index is 12.3. The van der Waals surface area contributed by atoms with Crippen molar-refractivity contribution in [2.24, 2.45) is 5.73 Å². The van der Waals surface area contributed by atoms with Crippen LogP contribution in [0, 0.1) is 0 Å². The zero-order chi connectivity index (χ0) is 12.8. The number of carbonyl (C=O) groups is 2. The Morgan fingerprint density at radius 3 is 2.94 bits per heavy atom. The molecule has 1 aromatic rings. The van der Waals surface area contributed by atoms with Gasteiger partial charge in [0.15, 0.2) is 17.2 Å². The zero-order valence-corrected chi connectivity index (χ0v) is 10.7. The molecule has 1 atom stereocenters. The normalized spacial score (nSPS) is 27.2. The highest BCUT2D eigenvalue weighted by Crippen LogP contribution is 2.50. The number of primary amides is 1. The molecule has 0 aromatic carbocycles. The molecule has 1 aliphatic heterocycles. The Morgan fingerprint density at radius 1 is 1.39 bits per heavy atom. The van der Waals surface area contributed by atoms with Crippen LogP contribution in [-0.4, -0.2) is 22.6 Å². The zero-order valence-electron chi connectivity index (χ0n) is 9.90. The van der Waals surface area contributed by atoms with E-state index in [1.807, 2.05) is 0 Å². The van der Waals surface area contributed by atoms with Gasteiger partial charge in [0.05, 0.1) is 0 Å². The fourth-order valence-electron chi connectivity index (χ4n) is 2.85. The first kappa shape index (κ1) is 11.8. The number of nitrogens with two attached hydrogens (primary N) is 1. The summed E-state index contributed by atoms with van der Waals surface area (Å²) in [7, 11) is 0. The third-order valence-corrected chi connectivity index (χ3v) is 5.29. The Kier molecular flexibility index (Phi) is 2.69. The van der Waals surface area contributed by atoms with E-state index in [4.69, 9.17) is 10.3 Å². The number of amides is 1. The van der Waals surface area contributed by atoms with Gasteiger partial charge in [-0.15, -0.1) is 11.8 Å². The Balaban J connectivity index is 2.12. The summed E-state index contributed by atoms with van der Waals surface area (Å²) < 4.78 is 4.72. The van der Waals surface area contributed by atoms with Crippen molar-refractivity contribution in [2.75, 3.05) is 5.75 Å². The number of fused-ring (bicyclic) bond motifs is 2. The van der Waals surface area contributed by atoms with Gasteiger partial charge in [0.1, 0.15) is 4.75 Å². The topological polar surface area (TPSA) is 86.2 Å². The molecule has 18 heavy (non-hydrogen) atoms. The molecule has 0 radical (unpaired) electrons. The summed E-state index contributed by atoms with van der Waals surface area (Å²) in [6.07, 6.45) is 3.85. The molecule has 1 saturated heterocycles. The van der Waals surface area contributed by atoms with Crippen LogP contribution in [0.4, 0.5) is 0 Å². The highest BCUT2D eigenvalue weighted by molar-refractivity contribution is 8.01. The van der Waals surface area contributed by atoms with Gasteiger partial charge >= 0.3 is 0 Å². The second kappa shape index (κ2) is 4.12. The first-order valence-corrected chi connectivity index (χ1v) is 7.10. The van der Waals surface area contributed by atoms with E-state index in [9.17, 15) is 9.59 Å². The number of Topliss-reactive ketones (excluding diaryl/α,β-unsaturated/α-hetero) is 1. The highest BCUT2D eigenvalue weighted by atomic mass is 32.2. The lowest BCUT2D eigenvalue weighted by atomic mass is 9.82. The van der Waals surface area contributed by atoms with E-state index in [0.29, 0.717) is 18.6 Å². The van der Waals surface area contributed by atoms with Crippen molar-refractivity contribution in [3.05, 3.63) is 17.0 Å². The summed E-state index contributed by atoms with van der Waals surface area (Å²) in [4.78, 5) is 23.6. The van der Waals surface area contributed by atoms with Gasteiger partial charge in [0.2, 0.25) is 0 Å². The largest absolute Gasteiger partial charge is 0.364 e. The number of hydrogen-bond donors (Lipinski definition) is 1. The van der Waals surface area contributed by atoms with Crippen LogP contribution in [0.2, 0.25) is 0 Å². The third-order valence-electron chi connectivity index (χ3n) is 3.69. The number of thioether (sulfide) groups is 1. The van der Waals surface area contributed by atoms with E-state index in [1.54, 1.807) is 11.8 Å². The highest BCUT2D eigenvalue weighted by Gasteiger charge is 2.49. The molecular weight excluding hydrogens is 252 g/mol. The molecule has 1 aliphatic carbocycles. The van der Waals surface area contributed by atoms with E-state index in [1.165, 1.54) is 0 Å². The second-order valence-electron chi connectivity index (χ2n) is 4.76. The van der Waals surface area contributed by atoms with Gasteiger partial charge < -0.3 is 10.3 Å². The van der Waals surface area contributed by atoms with E-state index < -0.39 is 10.7 Å². The predicted octanol–water partition coefficient (Wildman–Crippen LogP) is 1.40. The van der Waals surface area contributed by atoms with Crippen molar-refractivity contribution in [1.82, 2.24) is 5.16 Å². The first-order chi connectivity index (χ1) is 8.65. The number of ketones is 1. The van der Waals surface area contributed by atoms with E-state index >= 15 is 0 Å². The van der Waals surface area contributed by atoms with Crippen molar-refractivity contribution in [1.29, 1.82) is 0 Å². The molecule has 1 amide bonds. The summed E-state index contributed by atoms with van der Waals surface area (Å²) in [6, 6.07) is 0. The van der Waals surface area contributed by atoms with Crippen LogP contribution < -0.4 is 5.73 Å². The van der Waals surface area contributed by atoms with Crippen LogP contribution in [0.3, 0.4) is 0 Å². The number of carbonyl (C=O) groups excluding carboxylic acids is 2. The Labute approximate surface area is 108 Å². The van der Waals surface area contributed by atoms with Crippen LogP contribution in [0.1, 0.15) is 47.5 Å². The maximum absolute atomic E-state index is 12.3. The van der Waals surface area contributed by atoms with Gasteiger partial charge in [-0.25, -0.2) is 0 Å². The Bertz CT molecular complexity index is 525. The molecule has 96 valence electrons. The standard InChI is InChI=1S/C12H14N2O3S/c13-11(16)9-7-3-1-5-12(10(7)17-14-9)8(15)4-2-6-18-12/h1-6H2,(H2,13,16). The van der Waals surface area contributed by atoms with Crippen molar-refractivity contribution in [2.45, 2.75) is 36.9 Å². The molecule has 2 N–H and O–H groups in total. The van der Waals surface area contributed by atoms with Gasteiger partial charge in [-0.3, -0.25) is 9.59 Å². The molecule has 1 spiro atoms. The van der Waals surface area contributed by atoms with Crippen molar-refractivity contribution in [3.8, 4) is 0 Å². The lowest BCUT2D eigenvalue weighted by Crippen LogP contribution is -2.38. The molecule has 1 fully saturated rings. The van der Waals surface area contributed by atoms with E-state index in [2.05, 4.69) is 5.16 Å². The lowest BCUT2D eigenvalue weighted by Gasteiger charge is -2.36. The maximum Gasteiger partial charge on any atom is 0.271 e. The third kappa shape index (κ3) is 1.51. The van der Waals surface area contributed by atoms with E-state index in [0.717, 1.165) is 30.6 Å². The molecule has 0 saturated carbocycles. The molecule has 5 nitrogen and oxygen atoms in total. The molecule has 1 aromatic heterocycles. The van der Waals surface area contributed by atoms with Gasteiger partial charge in [-0.05, 0) is 31.4 Å². The Morgan fingerprint density at radius 2 is 2.22 bits per heavy atom. The molecule has 2 aliphatic rings. The summed E-state index contributed by atoms with van der Waals surface area (Å²) >= 11 is 1.63. The van der Waals surface area contributed by atoms with Crippen LogP contribution in [0.25, 0.3) is 0 Å². The fourth-order valence-corrected chi connectivity index (χ4v) is 4.33. The van der Waals surface area contributed by atoms with Crippen molar-refractivity contribution in [3.63, 3.8) is 0 Å². The molecule has 2 heterocycles. The van der Waals surface area contributed by atoms with Gasteiger partial charge in [0, 0.05) is 12.0 Å². The SMILES string of the molecule is NC(=O)c1noc2c1CCCC21SCCCC1=O. The first-order valence-electron chi connectivity index (χ1n) is 6.11. The monoisotopic (exact) mass is 266 g/mol. The molecule has 0 bridgehead atoms. The minimum absolute atomic E-state index is 0.197. The lowest BCUT2D eigenvalue weighted by molar-refractivity contribution is -0.122. The summed E-state index contributed by atoms with van der Waals surface area (Å²) in [5.41, 5.74) is 6.23. The number of rotatable bonds is 1. The van der Waals surface area contributed by atoms with Gasteiger partial charge in [-0.2, -0.15) is 0 Å². The summed E-state index contributed by atoms with van der Waals surface area (Å²) in [5.74, 6) is 1.15. The molecule has 6 heteroatoms. The van der Waals surface area contributed by atoms with Crippen LogP contribution >= 0.6 is 11.8 Å². The van der Waals surface area contributed by atoms with Crippen LogP contribution in [0.15, 0.2) is 4.52 Å². The fraction of sp³-hybridized carbons (Fsp3) is 0.583. The number of hydrogen-bond acceptors (Lipinski definition) is 5. The quantitative estimate of drug-likeness (QED) is 0.830. The molecule has 1 unspecified atom stereocenters. The van der Waals surface area contributed by atoms with E-state index in [-0.39, 0.29) is 11.5 Å². The van der Waals surface area contributed by atoms with Crippen molar-refractivity contribution < 1.29 is 14.1 Å². The van der Waals surface area contributed by atoms with Gasteiger partial charge in [-0.1, -0.05) is 5.16 Å². The average Bonchev–Trinajstić information content (AvgIpc) is 2.78. The van der Waals surface area contributed by atoms with Crippen LogP contribution in [0.5, 0.6) is 0 Å². The summed E-state index contributed by atoms with van der Waals surface area (Å²) in [5, 5.41) is 3.77. The predicted molar refractivity (Wildman–Crippen MR) is 66.3 cm³/mol. The van der Waals surface area contributed by atoms with Gasteiger partial charge in [0.25, 0.3) is 5.91 Å². The van der Waals surface area contributed by atoms with Crippen molar-refractivity contribution >= 4 is 23.5 Å². The molecular formula is C12H14N2O3S. The molecule has 3 rings (SSSR count). The number of nitrogens with zero attached hydrogens (tertiary/aromatic N) is 1.